The molecule has 0 aliphatic heterocycles. The number of sulfonamides is 1. The Bertz CT molecular complexity index is 722. The molecule has 2 rings (SSSR count). The fourth-order valence-corrected chi connectivity index (χ4v) is 2.97. The van der Waals surface area contributed by atoms with Crippen LogP contribution < -0.4 is 10.5 Å². The maximum absolute atomic E-state index is 11.5. The molecule has 0 amide bonds. The van der Waals surface area contributed by atoms with Gasteiger partial charge in [-0.25, -0.2) is 13.6 Å². The number of hydrogen-bond acceptors (Lipinski definition) is 4. The van der Waals surface area contributed by atoms with Crippen molar-refractivity contribution in [3.05, 3.63) is 41.7 Å². The van der Waals surface area contributed by atoms with Crippen molar-refractivity contribution in [1.29, 1.82) is 0 Å². The largest absolute Gasteiger partial charge is 0.381 e. The maximum atomic E-state index is 11.5. The van der Waals surface area contributed by atoms with Gasteiger partial charge in [-0.1, -0.05) is 13.0 Å². The predicted molar refractivity (Wildman–Crippen MR) is 82.4 cm³/mol. The van der Waals surface area contributed by atoms with E-state index in [9.17, 15) is 8.42 Å². The molecule has 1 heterocycles. The average molecular weight is 308 g/mol. The summed E-state index contributed by atoms with van der Waals surface area (Å²) in [5.74, 6) is 0. The summed E-state index contributed by atoms with van der Waals surface area (Å²) in [6.45, 7) is 5.31. The van der Waals surface area contributed by atoms with Crippen molar-refractivity contribution in [2.75, 3.05) is 5.32 Å². The number of benzene rings is 1. The van der Waals surface area contributed by atoms with Crippen LogP contribution in [0.25, 0.3) is 0 Å². The number of hydrogen-bond donors (Lipinski definition) is 2. The number of nitrogens with one attached hydrogen (secondary N) is 1. The van der Waals surface area contributed by atoms with Gasteiger partial charge in [0.25, 0.3) is 0 Å². The summed E-state index contributed by atoms with van der Waals surface area (Å²) >= 11 is 0. The number of rotatable bonds is 6. The van der Waals surface area contributed by atoms with E-state index in [1.807, 2.05) is 23.1 Å². The molecule has 0 saturated carbocycles. The third kappa shape index (κ3) is 3.83. The lowest BCUT2D eigenvalue weighted by atomic mass is 10.2. The molecule has 0 atom stereocenters. The molecular formula is C14H20N4O2S. The Hall–Kier alpha value is -1.86. The first-order chi connectivity index (χ1) is 9.91. The molecule has 0 aliphatic carbocycles. The van der Waals surface area contributed by atoms with Crippen LogP contribution in [0.4, 0.5) is 5.69 Å². The first-order valence-corrected chi connectivity index (χ1v) is 8.34. The second-order valence-corrected chi connectivity index (χ2v) is 6.47. The zero-order chi connectivity index (χ0) is 15.5. The predicted octanol–water partition coefficient (Wildman–Crippen LogP) is 1.86. The van der Waals surface area contributed by atoms with Gasteiger partial charge in [0, 0.05) is 30.5 Å². The lowest BCUT2D eigenvalue weighted by molar-refractivity contribution is 0.597. The standard InChI is InChI=1S/C14H20N4O2S/c1-3-7-18-10-12(9-17-18)8-16-13-5-4-6-14(11(13)2)21(15,19)20/h4-6,9-10,16H,3,7-8H2,1-2H3,(H2,15,19,20). The van der Waals surface area contributed by atoms with Crippen molar-refractivity contribution in [2.45, 2.75) is 38.3 Å². The van der Waals surface area contributed by atoms with Gasteiger partial charge in [-0.3, -0.25) is 4.68 Å². The summed E-state index contributed by atoms with van der Waals surface area (Å²) < 4.78 is 24.9. The van der Waals surface area contributed by atoms with Crippen LogP contribution >= 0.6 is 0 Å². The van der Waals surface area contributed by atoms with Gasteiger partial charge < -0.3 is 5.32 Å². The van der Waals surface area contributed by atoms with Gasteiger partial charge in [-0.15, -0.1) is 0 Å². The molecule has 0 unspecified atom stereocenters. The van der Waals surface area contributed by atoms with Gasteiger partial charge in [-0.05, 0) is 31.0 Å². The van der Waals surface area contributed by atoms with E-state index < -0.39 is 10.0 Å². The normalized spacial score (nSPS) is 11.6. The van der Waals surface area contributed by atoms with Crippen LogP contribution in [0.1, 0.15) is 24.5 Å². The Morgan fingerprint density at radius 3 is 2.81 bits per heavy atom. The molecule has 0 saturated heterocycles. The highest BCUT2D eigenvalue weighted by atomic mass is 32.2. The smallest absolute Gasteiger partial charge is 0.238 e. The van der Waals surface area contributed by atoms with E-state index in [4.69, 9.17) is 5.14 Å². The van der Waals surface area contributed by atoms with Gasteiger partial charge in [0.2, 0.25) is 10.0 Å². The summed E-state index contributed by atoms with van der Waals surface area (Å²) in [6.07, 6.45) is 4.82. The summed E-state index contributed by atoms with van der Waals surface area (Å²) in [7, 11) is -3.70. The second kappa shape index (κ2) is 6.28. The fourth-order valence-electron chi connectivity index (χ4n) is 2.16. The molecule has 3 N–H and O–H groups in total. The van der Waals surface area contributed by atoms with Gasteiger partial charge in [-0.2, -0.15) is 5.10 Å². The van der Waals surface area contributed by atoms with Crippen LogP contribution in [0.2, 0.25) is 0 Å². The SMILES string of the molecule is CCCn1cc(CNc2cccc(S(N)(=O)=O)c2C)cn1. The molecular weight excluding hydrogens is 288 g/mol. The van der Waals surface area contributed by atoms with Crippen LogP contribution in [-0.4, -0.2) is 18.2 Å². The third-order valence-corrected chi connectivity index (χ3v) is 4.27. The number of aromatic nitrogens is 2. The van der Waals surface area contributed by atoms with Crippen molar-refractivity contribution >= 4 is 15.7 Å². The van der Waals surface area contributed by atoms with E-state index >= 15 is 0 Å². The van der Waals surface area contributed by atoms with E-state index in [1.54, 1.807) is 13.0 Å². The van der Waals surface area contributed by atoms with Crippen molar-refractivity contribution in [2.24, 2.45) is 5.14 Å². The minimum atomic E-state index is -3.70. The Morgan fingerprint density at radius 2 is 2.14 bits per heavy atom. The van der Waals surface area contributed by atoms with Crippen molar-refractivity contribution in [1.82, 2.24) is 9.78 Å². The van der Waals surface area contributed by atoms with Crippen LogP contribution in [0.3, 0.4) is 0 Å². The van der Waals surface area contributed by atoms with Crippen LogP contribution in [0.15, 0.2) is 35.5 Å². The topological polar surface area (TPSA) is 90.0 Å². The summed E-state index contributed by atoms with van der Waals surface area (Å²) in [4.78, 5) is 0.147. The number of nitrogens with zero attached hydrogens (tertiary/aromatic N) is 2. The number of nitrogens with two attached hydrogens (primary N) is 1. The van der Waals surface area contributed by atoms with E-state index in [1.165, 1.54) is 6.07 Å². The molecule has 0 fully saturated rings. The summed E-state index contributed by atoms with van der Waals surface area (Å²) in [5.41, 5.74) is 2.43. The van der Waals surface area contributed by atoms with E-state index in [-0.39, 0.29) is 4.90 Å². The molecule has 1 aromatic carbocycles. The third-order valence-electron chi connectivity index (χ3n) is 3.21. The number of primary sulfonamides is 1. The Labute approximate surface area is 125 Å². The minimum Gasteiger partial charge on any atom is -0.381 e. The highest BCUT2D eigenvalue weighted by Gasteiger charge is 2.13. The van der Waals surface area contributed by atoms with Crippen molar-refractivity contribution < 1.29 is 8.42 Å². The van der Waals surface area contributed by atoms with Crippen LogP contribution in [0, 0.1) is 6.92 Å². The molecule has 6 nitrogen and oxygen atoms in total. The zero-order valence-electron chi connectivity index (χ0n) is 12.2. The molecule has 114 valence electrons. The minimum absolute atomic E-state index is 0.147. The first-order valence-electron chi connectivity index (χ1n) is 6.79. The first kappa shape index (κ1) is 15.5. The van der Waals surface area contributed by atoms with E-state index in [0.29, 0.717) is 12.1 Å². The average Bonchev–Trinajstić information content (AvgIpc) is 2.84. The van der Waals surface area contributed by atoms with Gasteiger partial charge in [0.05, 0.1) is 11.1 Å². The molecule has 0 radical (unpaired) electrons. The highest BCUT2D eigenvalue weighted by Crippen LogP contribution is 2.22. The van der Waals surface area contributed by atoms with Gasteiger partial charge >= 0.3 is 0 Å². The van der Waals surface area contributed by atoms with Gasteiger partial charge in [0.1, 0.15) is 0 Å². The van der Waals surface area contributed by atoms with Crippen LogP contribution in [0.5, 0.6) is 0 Å². The molecule has 21 heavy (non-hydrogen) atoms. The van der Waals surface area contributed by atoms with Gasteiger partial charge in [0.15, 0.2) is 0 Å². The lowest BCUT2D eigenvalue weighted by Gasteiger charge is -2.11. The quantitative estimate of drug-likeness (QED) is 0.852. The van der Waals surface area contributed by atoms with Crippen molar-refractivity contribution in [3.8, 4) is 0 Å². The zero-order valence-corrected chi connectivity index (χ0v) is 13.0. The summed E-state index contributed by atoms with van der Waals surface area (Å²) in [5, 5.41) is 12.7. The Morgan fingerprint density at radius 1 is 1.38 bits per heavy atom. The molecule has 0 aliphatic rings. The Balaban J connectivity index is 2.13. The Kier molecular flexibility index (Phi) is 4.64. The van der Waals surface area contributed by atoms with Crippen molar-refractivity contribution in [3.63, 3.8) is 0 Å². The lowest BCUT2D eigenvalue weighted by Crippen LogP contribution is -2.14. The molecule has 2 aromatic rings. The van der Waals surface area contributed by atoms with E-state index in [2.05, 4.69) is 17.3 Å². The number of aryl methyl sites for hydroxylation is 1. The van der Waals surface area contributed by atoms with Crippen LogP contribution in [-0.2, 0) is 23.1 Å². The second-order valence-electron chi connectivity index (χ2n) is 4.94. The molecule has 1 aromatic heterocycles. The molecule has 7 heteroatoms. The van der Waals surface area contributed by atoms with E-state index in [0.717, 1.165) is 24.2 Å². The monoisotopic (exact) mass is 308 g/mol. The maximum Gasteiger partial charge on any atom is 0.238 e. The highest BCUT2D eigenvalue weighted by molar-refractivity contribution is 7.89. The molecule has 0 spiro atoms. The fraction of sp³-hybridized carbons (Fsp3) is 0.357. The summed E-state index contributed by atoms with van der Waals surface area (Å²) in [6, 6.07) is 5.02. The molecule has 0 bridgehead atoms. The number of anilines is 1.